The van der Waals surface area contributed by atoms with Gasteiger partial charge in [-0.3, -0.25) is 4.79 Å². The summed E-state index contributed by atoms with van der Waals surface area (Å²) in [7, 11) is 0. The molecule has 0 unspecified atom stereocenters. The molecular formula is C17H22N2O3. The number of amides is 1. The molecule has 5 nitrogen and oxygen atoms in total. The number of benzene rings is 1. The maximum Gasteiger partial charge on any atom is 0.258 e. The molecule has 1 aromatic carbocycles. The molecule has 1 aromatic rings. The Hall–Kier alpha value is -1.75. The van der Waals surface area contributed by atoms with Crippen LogP contribution in [0.15, 0.2) is 6.07 Å². The van der Waals surface area contributed by atoms with E-state index in [0.717, 1.165) is 73.8 Å². The Kier molecular flexibility index (Phi) is 3.45. The summed E-state index contributed by atoms with van der Waals surface area (Å²) in [5, 5.41) is 0. The first-order valence-corrected chi connectivity index (χ1v) is 8.24. The minimum Gasteiger partial charge on any atom is -0.493 e. The Morgan fingerprint density at radius 2 is 1.91 bits per heavy atom. The number of likely N-dealkylation sites (N-methyl/N-ethyl adjacent to an activating group) is 1. The number of rotatable bonds is 2. The minimum absolute atomic E-state index is 0.122. The first kappa shape index (κ1) is 13.9. The van der Waals surface area contributed by atoms with Crippen molar-refractivity contribution >= 4 is 5.91 Å². The number of hydrogen-bond donors (Lipinski definition) is 0. The van der Waals surface area contributed by atoms with Crippen LogP contribution in [-0.4, -0.2) is 61.6 Å². The molecule has 3 aliphatic heterocycles. The number of carbonyl (C=O) groups is 1. The number of fused-ring (bicyclic) bond motifs is 2. The van der Waals surface area contributed by atoms with E-state index in [1.165, 1.54) is 0 Å². The summed E-state index contributed by atoms with van der Waals surface area (Å²) in [6.07, 6.45) is 1.68. The maximum atomic E-state index is 13.1. The molecule has 0 spiro atoms. The highest BCUT2D eigenvalue weighted by Crippen LogP contribution is 2.41. The lowest BCUT2D eigenvalue weighted by Gasteiger charge is -2.34. The van der Waals surface area contributed by atoms with E-state index in [1.807, 2.05) is 4.90 Å². The fourth-order valence-corrected chi connectivity index (χ4v) is 3.64. The molecule has 0 N–H and O–H groups in total. The third kappa shape index (κ3) is 2.15. The zero-order valence-corrected chi connectivity index (χ0v) is 13.1. The fourth-order valence-electron chi connectivity index (χ4n) is 3.64. The highest BCUT2D eigenvalue weighted by atomic mass is 16.5. The van der Waals surface area contributed by atoms with Crippen LogP contribution < -0.4 is 9.47 Å². The highest BCUT2D eigenvalue weighted by Gasteiger charge is 2.33. The third-order valence-corrected chi connectivity index (χ3v) is 4.97. The molecule has 4 rings (SSSR count). The van der Waals surface area contributed by atoms with Crippen LogP contribution in [0, 0.1) is 0 Å². The predicted molar refractivity (Wildman–Crippen MR) is 82.9 cm³/mol. The van der Waals surface area contributed by atoms with Crippen molar-refractivity contribution in [2.75, 3.05) is 45.9 Å². The Morgan fingerprint density at radius 1 is 1.14 bits per heavy atom. The Labute approximate surface area is 130 Å². The third-order valence-electron chi connectivity index (χ3n) is 4.97. The van der Waals surface area contributed by atoms with Crippen LogP contribution in [0.4, 0.5) is 0 Å². The maximum absolute atomic E-state index is 13.1. The van der Waals surface area contributed by atoms with Gasteiger partial charge in [0.25, 0.3) is 5.91 Å². The van der Waals surface area contributed by atoms with Gasteiger partial charge < -0.3 is 19.3 Å². The molecule has 5 heteroatoms. The monoisotopic (exact) mass is 302 g/mol. The molecule has 0 saturated carbocycles. The zero-order valence-electron chi connectivity index (χ0n) is 13.1. The van der Waals surface area contributed by atoms with Gasteiger partial charge in [-0.25, -0.2) is 0 Å². The van der Waals surface area contributed by atoms with Crippen LogP contribution in [0.3, 0.4) is 0 Å². The standard InChI is InChI=1S/C17H22N2O3/c1-2-18-5-7-19(8-6-18)17(20)15-13-4-10-21-14(13)11-12-3-9-22-16(12)15/h11H,2-10H2,1H3. The molecule has 1 amide bonds. The molecule has 118 valence electrons. The van der Waals surface area contributed by atoms with Crippen molar-refractivity contribution in [2.24, 2.45) is 0 Å². The van der Waals surface area contributed by atoms with Gasteiger partial charge in [0.2, 0.25) is 0 Å². The average molecular weight is 302 g/mol. The first-order valence-electron chi connectivity index (χ1n) is 8.24. The van der Waals surface area contributed by atoms with Crippen molar-refractivity contribution in [1.29, 1.82) is 0 Å². The second kappa shape index (κ2) is 5.47. The molecule has 1 saturated heterocycles. The first-order chi connectivity index (χ1) is 10.8. The summed E-state index contributed by atoms with van der Waals surface area (Å²) in [6.45, 7) is 8.06. The molecule has 0 aromatic heterocycles. The number of ether oxygens (including phenoxy) is 2. The molecule has 3 heterocycles. The van der Waals surface area contributed by atoms with Crippen LogP contribution in [0.1, 0.15) is 28.4 Å². The molecule has 0 radical (unpaired) electrons. The topological polar surface area (TPSA) is 42.0 Å². The van der Waals surface area contributed by atoms with Gasteiger partial charge in [-0.2, -0.15) is 0 Å². The number of nitrogens with zero attached hydrogens (tertiary/aromatic N) is 2. The van der Waals surface area contributed by atoms with E-state index >= 15 is 0 Å². The summed E-state index contributed by atoms with van der Waals surface area (Å²) in [5.41, 5.74) is 2.94. The summed E-state index contributed by atoms with van der Waals surface area (Å²) in [4.78, 5) is 17.4. The number of piperazine rings is 1. The van der Waals surface area contributed by atoms with E-state index in [1.54, 1.807) is 0 Å². The predicted octanol–water partition coefficient (Wildman–Crippen LogP) is 1.33. The van der Waals surface area contributed by atoms with Gasteiger partial charge in [0.05, 0.1) is 18.8 Å². The lowest BCUT2D eigenvalue weighted by Crippen LogP contribution is -2.48. The Balaban J connectivity index is 1.66. The van der Waals surface area contributed by atoms with Crippen molar-refractivity contribution in [2.45, 2.75) is 19.8 Å². The largest absolute Gasteiger partial charge is 0.493 e. The van der Waals surface area contributed by atoms with Gasteiger partial charge in [0.15, 0.2) is 0 Å². The average Bonchev–Trinajstić information content (AvgIpc) is 3.20. The Morgan fingerprint density at radius 3 is 2.68 bits per heavy atom. The summed E-state index contributed by atoms with van der Waals surface area (Å²) in [5.74, 6) is 1.82. The van der Waals surface area contributed by atoms with Crippen LogP contribution in [-0.2, 0) is 12.8 Å². The highest BCUT2D eigenvalue weighted by molar-refractivity contribution is 6.00. The number of carbonyl (C=O) groups excluding carboxylic acids is 1. The van der Waals surface area contributed by atoms with E-state index < -0.39 is 0 Å². The van der Waals surface area contributed by atoms with Crippen molar-refractivity contribution in [1.82, 2.24) is 9.80 Å². The molecule has 3 aliphatic rings. The van der Waals surface area contributed by atoms with Crippen LogP contribution in [0.2, 0.25) is 0 Å². The quantitative estimate of drug-likeness (QED) is 0.827. The van der Waals surface area contributed by atoms with Crippen LogP contribution in [0.5, 0.6) is 11.5 Å². The van der Waals surface area contributed by atoms with Gasteiger partial charge >= 0.3 is 0 Å². The summed E-state index contributed by atoms with van der Waals surface area (Å²) >= 11 is 0. The molecule has 1 fully saturated rings. The SMILES string of the molecule is CCN1CCN(C(=O)c2c3c(cc4c2OCC4)OCC3)CC1. The smallest absolute Gasteiger partial charge is 0.258 e. The molecule has 0 atom stereocenters. The second-order valence-corrected chi connectivity index (χ2v) is 6.14. The normalized spacial score (nSPS) is 20.3. The van der Waals surface area contributed by atoms with Gasteiger partial charge in [0.1, 0.15) is 11.5 Å². The van der Waals surface area contributed by atoms with E-state index in [9.17, 15) is 4.79 Å². The van der Waals surface area contributed by atoms with Crippen molar-refractivity contribution in [3.63, 3.8) is 0 Å². The van der Waals surface area contributed by atoms with Crippen molar-refractivity contribution in [3.8, 4) is 11.5 Å². The van der Waals surface area contributed by atoms with Gasteiger partial charge in [0, 0.05) is 50.1 Å². The number of hydrogen-bond acceptors (Lipinski definition) is 4. The summed E-state index contributed by atoms with van der Waals surface area (Å²) in [6, 6.07) is 2.07. The molecule has 0 bridgehead atoms. The molecule has 22 heavy (non-hydrogen) atoms. The van der Waals surface area contributed by atoms with Gasteiger partial charge in [-0.15, -0.1) is 0 Å². The van der Waals surface area contributed by atoms with Crippen molar-refractivity contribution in [3.05, 3.63) is 22.8 Å². The second-order valence-electron chi connectivity index (χ2n) is 6.14. The Bertz CT molecular complexity index is 574. The van der Waals surface area contributed by atoms with E-state index in [0.29, 0.717) is 13.2 Å². The van der Waals surface area contributed by atoms with Gasteiger partial charge in [-0.1, -0.05) is 6.92 Å². The van der Waals surface area contributed by atoms with E-state index in [2.05, 4.69) is 17.9 Å². The van der Waals surface area contributed by atoms with E-state index in [-0.39, 0.29) is 5.91 Å². The molecular weight excluding hydrogens is 280 g/mol. The fraction of sp³-hybridized carbons (Fsp3) is 0.588. The lowest BCUT2D eigenvalue weighted by atomic mass is 9.98. The van der Waals surface area contributed by atoms with Crippen molar-refractivity contribution < 1.29 is 14.3 Å². The lowest BCUT2D eigenvalue weighted by molar-refractivity contribution is 0.0639. The minimum atomic E-state index is 0.122. The van der Waals surface area contributed by atoms with Crippen LogP contribution in [0.25, 0.3) is 0 Å². The van der Waals surface area contributed by atoms with Gasteiger partial charge in [-0.05, 0) is 12.6 Å². The van der Waals surface area contributed by atoms with E-state index in [4.69, 9.17) is 9.47 Å². The molecule has 0 aliphatic carbocycles. The zero-order chi connectivity index (χ0) is 15.1. The summed E-state index contributed by atoms with van der Waals surface area (Å²) < 4.78 is 11.5. The van der Waals surface area contributed by atoms with Crippen LogP contribution >= 0.6 is 0 Å².